The Labute approximate surface area is 103 Å². The van der Waals surface area contributed by atoms with Gasteiger partial charge in [0, 0.05) is 0 Å². The summed E-state index contributed by atoms with van der Waals surface area (Å²) < 4.78 is 13.4. The summed E-state index contributed by atoms with van der Waals surface area (Å²) in [6.07, 6.45) is 0.561. The Bertz CT molecular complexity index is 393. The summed E-state index contributed by atoms with van der Waals surface area (Å²) in [4.78, 5) is 11.0. The van der Waals surface area contributed by atoms with E-state index in [1.165, 1.54) is 6.07 Å². The molecule has 1 N–H and O–H groups in total. The second-order valence-corrected chi connectivity index (χ2v) is 4.67. The summed E-state index contributed by atoms with van der Waals surface area (Å²) in [6.45, 7) is 3.69. The van der Waals surface area contributed by atoms with Gasteiger partial charge < -0.3 is 5.11 Å². The second-order valence-electron chi connectivity index (χ2n) is 3.82. The van der Waals surface area contributed by atoms with E-state index in [4.69, 9.17) is 5.11 Å². The highest BCUT2D eigenvalue weighted by Gasteiger charge is 2.24. The van der Waals surface area contributed by atoms with Crippen LogP contribution in [-0.4, -0.2) is 11.1 Å². The van der Waals surface area contributed by atoms with Gasteiger partial charge in [0.1, 0.15) is 5.82 Å². The fraction of sp³-hybridized carbons (Fsp3) is 0.417. The van der Waals surface area contributed by atoms with Gasteiger partial charge >= 0.3 is 5.97 Å². The number of carboxylic acids is 1. The van der Waals surface area contributed by atoms with E-state index in [-0.39, 0.29) is 11.7 Å². The van der Waals surface area contributed by atoms with Crippen molar-refractivity contribution in [2.75, 3.05) is 0 Å². The lowest BCUT2D eigenvalue weighted by molar-refractivity contribution is -0.142. The summed E-state index contributed by atoms with van der Waals surface area (Å²) in [6, 6.07) is 4.63. The van der Waals surface area contributed by atoms with Crippen molar-refractivity contribution in [2.24, 2.45) is 5.92 Å². The zero-order valence-electron chi connectivity index (χ0n) is 9.21. The monoisotopic (exact) mass is 288 g/mol. The largest absolute Gasteiger partial charge is 0.481 e. The lowest BCUT2D eigenvalue weighted by atomic mass is 9.86. The maximum atomic E-state index is 13.0. The first kappa shape index (κ1) is 13.2. The Morgan fingerprint density at radius 2 is 2.19 bits per heavy atom. The van der Waals surface area contributed by atoms with Gasteiger partial charge in [-0.05, 0) is 46.0 Å². The SMILES string of the molecule is CCC(C(=O)O)C(C)c1ccc(F)c(Br)c1. The molecule has 0 aliphatic heterocycles. The number of hydrogen-bond donors (Lipinski definition) is 1. The number of aliphatic carboxylic acids is 1. The molecule has 2 unspecified atom stereocenters. The Balaban J connectivity index is 2.99. The maximum Gasteiger partial charge on any atom is 0.307 e. The van der Waals surface area contributed by atoms with Crippen LogP contribution in [0.3, 0.4) is 0 Å². The van der Waals surface area contributed by atoms with Crippen molar-refractivity contribution in [3.8, 4) is 0 Å². The standard InChI is InChI=1S/C12H14BrFO2/c1-3-9(12(15)16)7(2)8-4-5-11(14)10(13)6-8/h4-7,9H,3H2,1-2H3,(H,15,16). The highest BCUT2D eigenvalue weighted by atomic mass is 79.9. The molecule has 0 fully saturated rings. The number of carbonyl (C=O) groups is 1. The lowest BCUT2D eigenvalue weighted by Crippen LogP contribution is -2.19. The fourth-order valence-corrected chi connectivity index (χ4v) is 2.17. The number of carboxylic acid groups (broad SMARTS) is 1. The van der Waals surface area contributed by atoms with Crippen LogP contribution in [0.2, 0.25) is 0 Å². The van der Waals surface area contributed by atoms with E-state index in [1.807, 2.05) is 13.8 Å². The van der Waals surface area contributed by atoms with Crippen LogP contribution in [0.15, 0.2) is 22.7 Å². The minimum absolute atomic E-state index is 0.126. The van der Waals surface area contributed by atoms with E-state index in [0.717, 1.165) is 5.56 Å². The van der Waals surface area contributed by atoms with Crippen LogP contribution >= 0.6 is 15.9 Å². The van der Waals surface area contributed by atoms with Crippen molar-refractivity contribution >= 4 is 21.9 Å². The molecule has 88 valence electrons. The van der Waals surface area contributed by atoms with E-state index in [1.54, 1.807) is 12.1 Å². The van der Waals surface area contributed by atoms with E-state index in [2.05, 4.69) is 15.9 Å². The molecule has 0 heterocycles. The van der Waals surface area contributed by atoms with Gasteiger partial charge in [0.05, 0.1) is 10.4 Å². The Morgan fingerprint density at radius 1 is 1.56 bits per heavy atom. The fourth-order valence-electron chi connectivity index (χ4n) is 1.77. The Morgan fingerprint density at radius 3 is 2.62 bits per heavy atom. The molecule has 0 spiro atoms. The van der Waals surface area contributed by atoms with Crippen molar-refractivity contribution in [1.82, 2.24) is 0 Å². The third kappa shape index (κ3) is 2.82. The Hall–Kier alpha value is -0.900. The Kier molecular flexibility index (Phi) is 4.47. The summed E-state index contributed by atoms with van der Waals surface area (Å²) in [5.74, 6) is -1.70. The van der Waals surface area contributed by atoms with E-state index >= 15 is 0 Å². The lowest BCUT2D eigenvalue weighted by Gasteiger charge is -2.19. The molecule has 0 saturated carbocycles. The van der Waals surface area contributed by atoms with Crippen LogP contribution in [0.1, 0.15) is 31.7 Å². The molecule has 0 aromatic heterocycles. The average Bonchev–Trinajstić information content (AvgIpc) is 2.22. The molecule has 4 heteroatoms. The quantitative estimate of drug-likeness (QED) is 0.915. The van der Waals surface area contributed by atoms with Gasteiger partial charge in [-0.1, -0.05) is 19.9 Å². The van der Waals surface area contributed by atoms with E-state index < -0.39 is 11.9 Å². The van der Waals surface area contributed by atoms with Crippen molar-refractivity contribution in [3.05, 3.63) is 34.1 Å². The molecule has 1 aromatic carbocycles. The number of halogens is 2. The van der Waals surface area contributed by atoms with Crippen molar-refractivity contribution in [2.45, 2.75) is 26.2 Å². The zero-order valence-corrected chi connectivity index (χ0v) is 10.8. The predicted octanol–water partition coefficient (Wildman–Crippen LogP) is 3.80. The molecule has 16 heavy (non-hydrogen) atoms. The smallest absolute Gasteiger partial charge is 0.307 e. The summed E-state index contributed by atoms with van der Waals surface area (Å²) >= 11 is 3.10. The van der Waals surface area contributed by atoms with Crippen molar-refractivity contribution in [3.63, 3.8) is 0 Å². The molecule has 2 atom stereocenters. The van der Waals surface area contributed by atoms with E-state index in [9.17, 15) is 9.18 Å². The third-order valence-corrected chi connectivity index (χ3v) is 3.44. The highest BCUT2D eigenvalue weighted by Crippen LogP contribution is 2.29. The molecular weight excluding hydrogens is 275 g/mol. The summed E-state index contributed by atoms with van der Waals surface area (Å²) in [7, 11) is 0. The van der Waals surface area contributed by atoms with Crippen molar-refractivity contribution in [1.29, 1.82) is 0 Å². The van der Waals surface area contributed by atoms with Gasteiger partial charge in [0.25, 0.3) is 0 Å². The van der Waals surface area contributed by atoms with Gasteiger partial charge in [0.2, 0.25) is 0 Å². The van der Waals surface area contributed by atoms with E-state index in [0.29, 0.717) is 10.9 Å². The first-order chi connectivity index (χ1) is 7.47. The van der Waals surface area contributed by atoms with Gasteiger partial charge in [0.15, 0.2) is 0 Å². The first-order valence-corrected chi connectivity index (χ1v) is 5.94. The first-order valence-electron chi connectivity index (χ1n) is 5.15. The number of hydrogen-bond acceptors (Lipinski definition) is 1. The minimum atomic E-state index is -0.810. The third-order valence-electron chi connectivity index (χ3n) is 2.83. The number of benzene rings is 1. The molecule has 0 aliphatic carbocycles. The topological polar surface area (TPSA) is 37.3 Å². The normalized spacial score (nSPS) is 14.5. The van der Waals surface area contributed by atoms with Crippen LogP contribution < -0.4 is 0 Å². The molecule has 1 rings (SSSR count). The molecular formula is C12H14BrFO2. The van der Waals surface area contributed by atoms with Crippen LogP contribution in [0.4, 0.5) is 4.39 Å². The van der Waals surface area contributed by atoms with Gasteiger partial charge in [-0.15, -0.1) is 0 Å². The van der Waals surface area contributed by atoms with Gasteiger partial charge in [-0.2, -0.15) is 0 Å². The highest BCUT2D eigenvalue weighted by molar-refractivity contribution is 9.10. The van der Waals surface area contributed by atoms with Crippen LogP contribution in [0, 0.1) is 11.7 Å². The van der Waals surface area contributed by atoms with Gasteiger partial charge in [-0.25, -0.2) is 4.39 Å². The molecule has 0 aliphatic rings. The molecule has 0 saturated heterocycles. The van der Waals surface area contributed by atoms with Crippen LogP contribution in [0.25, 0.3) is 0 Å². The summed E-state index contributed by atoms with van der Waals surface area (Å²) in [5, 5.41) is 9.04. The molecule has 0 radical (unpaired) electrons. The number of rotatable bonds is 4. The van der Waals surface area contributed by atoms with Crippen LogP contribution in [-0.2, 0) is 4.79 Å². The zero-order chi connectivity index (χ0) is 12.3. The van der Waals surface area contributed by atoms with Crippen molar-refractivity contribution < 1.29 is 14.3 Å². The predicted molar refractivity (Wildman–Crippen MR) is 63.9 cm³/mol. The molecule has 0 amide bonds. The average molecular weight is 289 g/mol. The molecule has 1 aromatic rings. The van der Waals surface area contributed by atoms with Gasteiger partial charge in [-0.3, -0.25) is 4.79 Å². The maximum absolute atomic E-state index is 13.0. The molecule has 2 nitrogen and oxygen atoms in total. The second kappa shape index (κ2) is 5.43. The molecule has 0 bridgehead atoms. The minimum Gasteiger partial charge on any atom is -0.481 e. The van der Waals surface area contributed by atoms with Crippen LogP contribution in [0.5, 0.6) is 0 Å². The summed E-state index contributed by atoms with van der Waals surface area (Å²) in [5.41, 5.74) is 0.836.